The summed E-state index contributed by atoms with van der Waals surface area (Å²) >= 11 is 6.08. The van der Waals surface area contributed by atoms with Gasteiger partial charge in [0.2, 0.25) is 0 Å². The van der Waals surface area contributed by atoms with Crippen LogP contribution in [0.3, 0.4) is 0 Å². The molecule has 2 atom stereocenters. The third kappa shape index (κ3) is 6.31. The Morgan fingerprint density at radius 2 is 1.94 bits per heavy atom. The number of benzene rings is 2. The minimum Gasteiger partial charge on any atom is -0.466 e. The van der Waals surface area contributed by atoms with Gasteiger partial charge in [-0.2, -0.15) is 0 Å². The van der Waals surface area contributed by atoms with E-state index in [1.807, 2.05) is 48.5 Å². The highest BCUT2D eigenvalue weighted by molar-refractivity contribution is 6.30. The van der Waals surface area contributed by atoms with Gasteiger partial charge in [0.05, 0.1) is 12.5 Å². The highest BCUT2D eigenvalue weighted by Crippen LogP contribution is 2.24. The molecule has 168 valence electrons. The Balaban J connectivity index is 1.75. The van der Waals surface area contributed by atoms with Crippen molar-refractivity contribution >= 4 is 23.5 Å². The zero-order valence-electron chi connectivity index (χ0n) is 17.8. The fraction of sp³-hybridized carbons (Fsp3) is 0.304. The standard InChI is InChI=1S/C23H24ClN3O5/c1-3-31-22(29)14(2)11-19(25-20(28)21-26-27-23(30)32-21)12-15-7-9-16(10-8-15)17-5-4-6-18(24)13-17/h4-10,13-14,19H,3,11-12H2,1-2H3,(H,25,28)(H,27,30)/t14-,19?/m1/s1. The quantitative estimate of drug-likeness (QED) is 0.474. The average Bonchev–Trinajstić information content (AvgIpc) is 3.21. The highest BCUT2D eigenvalue weighted by Gasteiger charge is 2.24. The Kier molecular flexibility index (Phi) is 7.83. The molecule has 0 aliphatic heterocycles. The molecule has 2 aromatic carbocycles. The number of amides is 1. The summed E-state index contributed by atoms with van der Waals surface area (Å²) < 4.78 is 9.81. The summed E-state index contributed by atoms with van der Waals surface area (Å²) in [5.41, 5.74) is 2.97. The fourth-order valence-electron chi connectivity index (χ4n) is 3.36. The summed E-state index contributed by atoms with van der Waals surface area (Å²) in [6.45, 7) is 3.77. The summed E-state index contributed by atoms with van der Waals surface area (Å²) in [7, 11) is 0. The Bertz CT molecular complexity index is 1120. The summed E-state index contributed by atoms with van der Waals surface area (Å²) in [5, 5.41) is 9.07. The number of carbonyl (C=O) groups excluding carboxylic acids is 2. The van der Waals surface area contributed by atoms with Gasteiger partial charge in [0.15, 0.2) is 0 Å². The summed E-state index contributed by atoms with van der Waals surface area (Å²) in [4.78, 5) is 35.7. The van der Waals surface area contributed by atoms with Crippen LogP contribution in [0.1, 0.15) is 36.5 Å². The van der Waals surface area contributed by atoms with Gasteiger partial charge in [0.1, 0.15) is 0 Å². The number of carbonyl (C=O) groups is 2. The van der Waals surface area contributed by atoms with Gasteiger partial charge in [-0.1, -0.05) is 54.9 Å². The first kappa shape index (κ1) is 23.3. The Morgan fingerprint density at radius 1 is 1.19 bits per heavy atom. The van der Waals surface area contributed by atoms with Crippen LogP contribution in [0.25, 0.3) is 11.1 Å². The maximum absolute atomic E-state index is 12.5. The molecule has 0 bridgehead atoms. The monoisotopic (exact) mass is 457 g/mol. The lowest BCUT2D eigenvalue weighted by Crippen LogP contribution is -2.39. The van der Waals surface area contributed by atoms with E-state index >= 15 is 0 Å². The maximum atomic E-state index is 12.5. The van der Waals surface area contributed by atoms with E-state index in [9.17, 15) is 14.4 Å². The van der Waals surface area contributed by atoms with Gasteiger partial charge in [-0.25, -0.2) is 9.89 Å². The zero-order valence-corrected chi connectivity index (χ0v) is 18.5. The molecule has 0 saturated carbocycles. The number of ether oxygens (including phenoxy) is 1. The lowest BCUT2D eigenvalue weighted by atomic mass is 9.95. The molecular formula is C23H24ClN3O5. The Morgan fingerprint density at radius 3 is 2.56 bits per heavy atom. The Labute approximate surface area is 189 Å². The van der Waals surface area contributed by atoms with E-state index < -0.39 is 23.6 Å². The SMILES string of the molecule is CCOC(=O)[C@H](C)CC(Cc1ccc(-c2cccc(Cl)c2)cc1)NC(=O)c1n[nH]c(=O)o1. The number of nitrogens with one attached hydrogen (secondary N) is 2. The predicted molar refractivity (Wildman–Crippen MR) is 119 cm³/mol. The van der Waals surface area contributed by atoms with Crippen LogP contribution in [0, 0.1) is 5.92 Å². The normalized spacial score (nSPS) is 12.7. The highest BCUT2D eigenvalue weighted by atomic mass is 35.5. The first-order valence-electron chi connectivity index (χ1n) is 10.2. The summed E-state index contributed by atoms with van der Waals surface area (Å²) in [6.07, 6.45) is 0.801. The fourth-order valence-corrected chi connectivity index (χ4v) is 3.55. The number of aromatic amines is 1. The minimum atomic E-state index is -0.816. The van der Waals surface area contributed by atoms with E-state index in [4.69, 9.17) is 20.8 Å². The third-order valence-corrected chi connectivity index (χ3v) is 5.12. The van der Waals surface area contributed by atoms with E-state index in [1.54, 1.807) is 13.8 Å². The van der Waals surface area contributed by atoms with E-state index in [-0.39, 0.29) is 18.5 Å². The van der Waals surface area contributed by atoms with Crippen LogP contribution >= 0.6 is 11.6 Å². The van der Waals surface area contributed by atoms with Gasteiger partial charge in [-0.3, -0.25) is 9.59 Å². The number of aromatic nitrogens is 2. The third-order valence-electron chi connectivity index (χ3n) is 4.89. The average molecular weight is 458 g/mol. The molecule has 9 heteroatoms. The smallest absolute Gasteiger partial charge is 0.434 e. The molecule has 8 nitrogen and oxygen atoms in total. The molecule has 0 aliphatic carbocycles. The van der Waals surface area contributed by atoms with Gasteiger partial charge in [0, 0.05) is 11.1 Å². The summed E-state index contributed by atoms with van der Waals surface area (Å²) in [5.74, 6) is -2.59. The van der Waals surface area contributed by atoms with Crippen molar-refractivity contribution in [2.45, 2.75) is 32.7 Å². The van der Waals surface area contributed by atoms with Crippen LogP contribution in [-0.2, 0) is 16.0 Å². The number of nitrogens with zero attached hydrogens (tertiary/aromatic N) is 1. The predicted octanol–water partition coefficient (Wildman–Crippen LogP) is 3.61. The number of H-pyrrole nitrogens is 1. The van der Waals surface area contributed by atoms with Crippen molar-refractivity contribution in [1.82, 2.24) is 15.5 Å². The van der Waals surface area contributed by atoms with Crippen LogP contribution < -0.4 is 11.1 Å². The van der Waals surface area contributed by atoms with Crippen LogP contribution in [-0.4, -0.2) is 34.7 Å². The summed E-state index contributed by atoms with van der Waals surface area (Å²) in [6, 6.07) is 15.0. The molecule has 32 heavy (non-hydrogen) atoms. The number of hydrogen-bond donors (Lipinski definition) is 2. The van der Waals surface area contributed by atoms with Crippen molar-refractivity contribution in [3.63, 3.8) is 0 Å². The molecule has 0 fully saturated rings. The number of halogens is 1. The molecule has 3 aromatic rings. The maximum Gasteiger partial charge on any atom is 0.434 e. The van der Waals surface area contributed by atoms with Crippen molar-refractivity contribution in [2.24, 2.45) is 5.92 Å². The van der Waals surface area contributed by atoms with Crippen molar-refractivity contribution in [1.29, 1.82) is 0 Å². The van der Waals surface area contributed by atoms with Crippen LogP contribution in [0.5, 0.6) is 0 Å². The van der Waals surface area contributed by atoms with E-state index in [2.05, 4.69) is 15.5 Å². The second-order valence-electron chi connectivity index (χ2n) is 7.39. The van der Waals surface area contributed by atoms with Crippen LogP contribution in [0.2, 0.25) is 5.02 Å². The molecule has 0 saturated heterocycles. The first-order valence-corrected chi connectivity index (χ1v) is 10.6. The van der Waals surface area contributed by atoms with Crippen molar-refractivity contribution in [3.8, 4) is 11.1 Å². The van der Waals surface area contributed by atoms with E-state index in [0.717, 1.165) is 16.7 Å². The number of esters is 1. The zero-order chi connectivity index (χ0) is 23.1. The molecular weight excluding hydrogens is 434 g/mol. The van der Waals surface area contributed by atoms with E-state index in [0.29, 0.717) is 17.9 Å². The topological polar surface area (TPSA) is 114 Å². The molecule has 1 unspecified atom stereocenters. The van der Waals surface area contributed by atoms with Gasteiger partial charge >= 0.3 is 23.5 Å². The van der Waals surface area contributed by atoms with Gasteiger partial charge in [0.25, 0.3) is 0 Å². The van der Waals surface area contributed by atoms with Crippen LogP contribution in [0.4, 0.5) is 0 Å². The molecule has 0 radical (unpaired) electrons. The Hall–Kier alpha value is -3.39. The van der Waals surface area contributed by atoms with Crippen molar-refractivity contribution in [3.05, 3.63) is 75.6 Å². The molecule has 1 amide bonds. The molecule has 1 aromatic heterocycles. The molecule has 2 N–H and O–H groups in total. The van der Waals surface area contributed by atoms with Crippen molar-refractivity contribution < 1.29 is 18.7 Å². The van der Waals surface area contributed by atoms with Gasteiger partial charge < -0.3 is 14.5 Å². The number of rotatable bonds is 9. The lowest BCUT2D eigenvalue weighted by molar-refractivity contribution is -0.147. The van der Waals surface area contributed by atoms with Gasteiger partial charge in [-0.05, 0) is 48.6 Å². The lowest BCUT2D eigenvalue weighted by Gasteiger charge is -2.21. The molecule has 3 rings (SSSR count). The largest absolute Gasteiger partial charge is 0.466 e. The van der Waals surface area contributed by atoms with Crippen molar-refractivity contribution in [2.75, 3.05) is 6.61 Å². The second-order valence-corrected chi connectivity index (χ2v) is 7.83. The molecule has 1 heterocycles. The van der Waals surface area contributed by atoms with E-state index in [1.165, 1.54) is 0 Å². The molecule has 0 spiro atoms. The molecule has 0 aliphatic rings. The van der Waals surface area contributed by atoms with Gasteiger partial charge in [-0.15, -0.1) is 5.10 Å². The second kappa shape index (κ2) is 10.8. The minimum absolute atomic E-state index is 0.281. The first-order chi connectivity index (χ1) is 15.4. The number of hydrogen-bond acceptors (Lipinski definition) is 6. The van der Waals surface area contributed by atoms with Crippen LogP contribution in [0.15, 0.2) is 57.7 Å².